The molecule has 1 aliphatic rings. The second-order valence-corrected chi connectivity index (χ2v) is 8.40. The van der Waals surface area contributed by atoms with Crippen LogP contribution >= 0.6 is 0 Å². The van der Waals surface area contributed by atoms with Gasteiger partial charge in [0.1, 0.15) is 18.0 Å². The largest absolute Gasteiger partial charge is 0.496 e. The number of carbonyl (C=O) groups excluding carboxylic acids is 1. The van der Waals surface area contributed by atoms with Crippen molar-refractivity contribution in [2.24, 2.45) is 5.92 Å². The topological polar surface area (TPSA) is 114 Å². The number of alkyl halides is 3. The zero-order chi connectivity index (χ0) is 24.6. The second kappa shape index (κ2) is 9.24. The standard InChI is InChI=1S/C22H26F3N3O5/c1-11-16(13-6-5-7-14(17(13)32-4)22(23,24)25)18(33-21(11,2)3)20(31)28-12-8-26-19(27-9-12)15(30)10-29/h5-9,11,15-16,18,29-30H,10H2,1-4H3,(H,28,31)/t11-,15+,16-,18+/m0/s1. The molecule has 0 unspecified atom stereocenters. The van der Waals surface area contributed by atoms with Gasteiger partial charge in [0.05, 0.1) is 43.0 Å². The highest BCUT2D eigenvalue weighted by molar-refractivity contribution is 5.95. The Bertz CT molecular complexity index is 998. The Balaban J connectivity index is 1.96. The minimum atomic E-state index is -4.63. The summed E-state index contributed by atoms with van der Waals surface area (Å²) in [4.78, 5) is 20.9. The predicted molar refractivity (Wildman–Crippen MR) is 112 cm³/mol. The lowest BCUT2D eigenvalue weighted by molar-refractivity contribution is -0.138. The van der Waals surface area contributed by atoms with Crippen molar-refractivity contribution in [3.8, 4) is 5.75 Å². The monoisotopic (exact) mass is 469 g/mol. The van der Waals surface area contributed by atoms with Crippen molar-refractivity contribution in [1.29, 1.82) is 0 Å². The summed E-state index contributed by atoms with van der Waals surface area (Å²) in [6.07, 6.45) is -4.50. The van der Waals surface area contributed by atoms with E-state index in [0.717, 1.165) is 13.2 Å². The van der Waals surface area contributed by atoms with Gasteiger partial charge in [0.25, 0.3) is 5.91 Å². The first kappa shape index (κ1) is 24.9. The lowest BCUT2D eigenvalue weighted by Gasteiger charge is -2.26. The smallest absolute Gasteiger partial charge is 0.419 e. The number of amides is 1. The summed E-state index contributed by atoms with van der Waals surface area (Å²) in [5.41, 5.74) is -1.31. The number of anilines is 1. The molecule has 0 saturated carbocycles. The van der Waals surface area contributed by atoms with Crippen LogP contribution in [0.15, 0.2) is 30.6 Å². The van der Waals surface area contributed by atoms with Crippen LogP contribution in [0.4, 0.5) is 18.9 Å². The van der Waals surface area contributed by atoms with Crippen molar-refractivity contribution in [3.63, 3.8) is 0 Å². The van der Waals surface area contributed by atoms with Crippen molar-refractivity contribution in [3.05, 3.63) is 47.5 Å². The molecular formula is C22H26F3N3O5. The molecule has 1 aromatic heterocycles. The summed E-state index contributed by atoms with van der Waals surface area (Å²) in [6.45, 7) is 4.79. The van der Waals surface area contributed by atoms with Gasteiger partial charge in [0, 0.05) is 11.5 Å². The van der Waals surface area contributed by atoms with Crippen LogP contribution in [0, 0.1) is 5.92 Å². The maximum absolute atomic E-state index is 13.6. The fourth-order valence-corrected chi connectivity index (χ4v) is 3.99. The third-order valence-electron chi connectivity index (χ3n) is 5.98. The zero-order valence-electron chi connectivity index (χ0n) is 18.6. The van der Waals surface area contributed by atoms with Crippen LogP contribution in [0.1, 0.15) is 49.7 Å². The molecule has 4 atom stereocenters. The van der Waals surface area contributed by atoms with E-state index in [1.807, 2.05) is 6.92 Å². The van der Waals surface area contributed by atoms with Crippen LogP contribution in [0.25, 0.3) is 0 Å². The van der Waals surface area contributed by atoms with Gasteiger partial charge in [-0.2, -0.15) is 13.2 Å². The molecule has 180 valence electrons. The first-order valence-electron chi connectivity index (χ1n) is 10.2. The highest BCUT2D eigenvalue weighted by atomic mass is 19.4. The minimum Gasteiger partial charge on any atom is -0.496 e. The molecule has 3 rings (SSSR count). The SMILES string of the molecule is COc1c([C@H]2[C@H](C(=O)Nc3cnc([C@H](O)CO)nc3)OC(C)(C)[C@H]2C)cccc1C(F)(F)F. The zero-order valence-corrected chi connectivity index (χ0v) is 18.6. The lowest BCUT2D eigenvalue weighted by atomic mass is 9.77. The average Bonchev–Trinajstić information content (AvgIpc) is 3.01. The number of aliphatic hydroxyl groups is 2. The van der Waals surface area contributed by atoms with Crippen molar-refractivity contribution in [1.82, 2.24) is 9.97 Å². The predicted octanol–water partition coefficient (Wildman–Crippen LogP) is 3.07. The van der Waals surface area contributed by atoms with Gasteiger partial charge in [0.15, 0.2) is 5.82 Å². The normalized spacial score (nSPS) is 23.2. The number of methoxy groups -OCH3 is 1. The van der Waals surface area contributed by atoms with Crippen LogP contribution in [0.5, 0.6) is 5.75 Å². The Kier molecular flexibility index (Phi) is 6.96. The molecule has 1 amide bonds. The van der Waals surface area contributed by atoms with Gasteiger partial charge in [-0.3, -0.25) is 4.79 Å². The molecule has 1 aromatic carbocycles. The number of hydrogen-bond donors (Lipinski definition) is 3. The summed E-state index contributed by atoms with van der Waals surface area (Å²) >= 11 is 0. The number of carbonyl (C=O) groups is 1. The van der Waals surface area contributed by atoms with E-state index in [0.29, 0.717) is 0 Å². The maximum Gasteiger partial charge on any atom is 0.419 e. The van der Waals surface area contributed by atoms with Crippen molar-refractivity contribution in [2.45, 2.75) is 50.7 Å². The van der Waals surface area contributed by atoms with E-state index < -0.39 is 48.0 Å². The highest BCUT2D eigenvalue weighted by Gasteiger charge is 2.52. The summed E-state index contributed by atoms with van der Waals surface area (Å²) in [5, 5.41) is 21.2. The summed E-state index contributed by atoms with van der Waals surface area (Å²) in [7, 11) is 1.16. The average molecular weight is 469 g/mol. The van der Waals surface area contributed by atoms with Gasteiger partial charge >= 0.3 is 6.18 Å². The molecule has 2 heterocycles. The lowest BCUT2D eigenvalue weighted by Crippen LogP contribution is -2.33. The number of aromatic nitrogens is 2. The number of rotatable bonds is 6. The number of para-hydroxylation sites is 1. The number of nitrogens with zero attached hydrogens (tertiary/aromatic N) is 2. The third kappa shape index (κ3) is 4.94. The summed E-state index contributed by atoms with van der Waals surface area (Å²) in [6, 6.07) is 3.73. The number of benzene rings is 1. The van der Waals surface area contributed by atoms with Crippen molar-refractivity contribution in [2.75, 3.05) is 19.0 Å². The van der Waals surface area contributed by atoms with Gasteiger partial charge in [-0.25, -0.2) is 9.97 Å². The van der Waals surface area contributed by atoms with E-state index in [4.69, 9.17) is 14.6 Å². The van der Waals surface area contributed by atoms with Gasteiger partial charge in [0.2, 0.25) is 0 Å². The Morgan fingerprint density at radius 1 is 1.30 bits per heavy atom. The Morgan fingerprint density at radius 3 is 2.48 bits per heavy atom. The molecule has 33 heavy (non-hydrogen) atoms. The van der Waals surface area contributed by atoms with E-state index in [1.54, 1.807) is 13.8 Å². The van der Waals surface area contributed by atoms with Crippen LogP contribution in [0.2, 0.25) is 0 Å². The van der Waals surface area contributed by atoms with E-state index in [9.17, 15) is 23.1 Å². The fourth-order valence-electron chi connectivity index (χ4n) is 3.99. The van der Waals surface area contributed by atoms with Crippen LogP contribution in [-0.4, -0.2) is 51.5 Å². The molecule has 0 bridgehead atoms. The van der Waals surface area contributed by atoms with E-state index in [-0.39, 0.29) is 28.7 Å². The molecule has 1 saturated heterocycles. The molecule has 0 radical (unpaired) electrons. The van der Waals surface area contributed by atoms with Gasteiger partial charge in [-0.15, -0.1) is 0 Å². The molecular weight excluding hydrogens is 443 g/mol. The molecule has 1 fully saturated rings. The highest BCUT2D eigenvalue weighted by Crippen LogP contribution is 2.50. The Labute approximate surface area is 188 Å². The van der Waals surface area contributed by atoms with E-state index in [1.165, 1.54) is 24.5 Å². The Hall–Kier alpha value is -2.76. The van der Waals surface area contributed by atoms with E-state index >= 15 is 0 Å². The number of aliphatic hydroxyl groups excluding tert-OH is 2. The quantitative estimate of drug-likeness (QED) is 0.596. The van der Waals surface area contributed by atoms with Crippen LogP contribution in [-0.2, 0) is 15.7 Å². The summed E-state index contributed by atoms with van der Waals surface area (Å²) < 4.78 is 51.9. The molecule has 2 aromatic rings. The van der Waals surface area contributed by atoms with Gasteiger partial charge < -0.3 is 25.0 Å². The van der Waals surface area contributed by atoms with Crippen LogP contribution in [0.3, 0.4) is 0 Å². The van der Waals surface area contributed by atoms with Crippen LogP contribution < -0.4 is 10.1 Å². The summed E-state index contributed by atoms with van der Waals surface area (Å²) in [5.74, 6) is -2.01. The van der Waals surface area contributed by atoms with Crippen molar-refractivity contribution < 1.29 is 37.7 Å². The van der Waals surface area contributed by atoms with E-state index in [2.05, 4.69) is 15.3 Å². The molecule has 0 spiro atoms. The fraction of sp³-hybridized carbons (Fsp3) is 0.500. The van der Waals surface area contributed by atoms with Gasteiger partial charge in [-0.05, 0) is 25.8 Å². The number of nitrogens with one attached hydrogen (secondary N) is 1. The number of halogens is 3. The first-order valence-corrected chi connectivity index (χ1v) is 10.2. The molecule has 3 N–H and O–H groups in total. The Morgan fingerprint density at radius 2 is 1.94 bits per heavy atom. The first-order chi connectivity index (χ1) is 15.4. The molecule has 11 heteroatoms. The number of ether oxygens (including phenoxy) is 2. The molecule has 0 aliphatic carbocycles. The van der Waals surface area contributed by atoms with Crippen molar-refractivity contribution >= 4 is 11.6 Å². The minimum absolute atomic E-state index is 0.0195. The number of hydrogen-bond acceptors (Lipinski definition) is 7. The maximum atomic E-state index is 13.6. The second-order valence-electron chi connectivity index (χ2n) is 8.40. The molecule has 1 aliphatic heterocycles. The third-order valence-corrected chi connectivity index (χ3v) is 5.98. The molecule has 8 nitrogen and oxygen atoms in total. The van der Waals surface area contributed by atoms with Gasteiger partial charge in [-0.1, -0.05) is 19.1 Å².